The fourth-order valence-corrected chi connectivity index (χ4v) is 3.83. The van der Waals surface area contributed by atoms with Gasteiger partial charge in [0.15, 0.2) is 0 Å². The van der Waals surface area contributed by atoms with Crippen LogP contribution in [0, 0.1) is 6.92 Å². The smallest absolute Gasteiger partial charge is 0.412 e. The maximum atomic E-state index is 12.3. The maximum Gasteiger partial charge on any atom is 0.412 e. The van der Waals surface area contributed by atoms with Gasteiger partial charge in [0.1, 0.15) is 12.3 Å². The molecule has 0 spiro atoms. The van der Waals surface area contributed by atoms with E-state index in [1.165, 1.54) is 0 Å². The number of Topliss-reactive ketones (excluding diaryl/α,β-unsaturated/α-hetero) is 1. The summed E-state index contributed by atoms with van der Waals surface area (Å²) in [7, 11) is 0. The molecular formula is C25H26N4O4. The number of anilines is 1. The van der Waals surface area contributed by atoms with Gasteiger partial charge < -0.3 is 14.6 Å². The van der Waals surface area contributed by atoms with Gasteiger partial charge in [-0.15, -0.1) is 0 Å². The number of nitrogens with zero attached hydrogens (tertiary/aromatic N) is 2. The predicted molar refractivity (Wildman–Crippen MR) is 126 cm³/mol. The molecule has 0 bridgehead atoms. The third-order valence-electron chi connectivity index (χ3n) is 5.80. The number of ether oxygens (including phenoxy) is 1. The van der Waals surface area contributed by atoms with Crippen LogP contribution in [0.5, 0.6) is 0 Å². The second-order valence-corrected chi connectivity index (χ2v) is 7.96. The lowest BCUT2D eigenvalue weighted by atomic mass is 9.99. The number of aryl methyl sites for hydroxylation is 1. The summed E-state index contributed by atoms with van der Waals surface area (Å²) in [5.74, 6) is -0.794. The second kappa shape index (κ2) is 9.68. The Morgan fingerprint density at radius 1 is 1.24 bits per heavy atom. The molecule has 170 valence electrons. The van der Waals surface area contributed by atoms with Crippen LogP contribution in [0.15, 0.2) is 48.8 Å². The summed E-state index contributed by atoms with van der Waals surface area (Å²) in [5, 5.41) is 3.60. The van der Waals surface area contributed by atoms with Gasteiger partial charge in [0.2, 0.25) is 5.78 Å². The summed E-state index contributed by atoms with van der Waals surface area (Å²) in [4.78, 5) is 45.2. The zero-order valence-corrected chi connectivity index (χ0v) is 18.7. The summed E-state index contributed by atoms with van der Waals surface area (Å²) in [5.41, 5.74) is 5.26. The number of H-pyrrole nitrogens is 1. The third kappa shape index (κ3) is 4.95. The Hall–Kier alpha value is -3.94. The Labute approximate surface area is 191 Å². The van der Waals surface area contributed by atoms with Gasteiger partial charge in [-0.1, -0.05) is 37.3 Å². The summed E-state index contributed by atoms with van der Waals surface area (Å²) in [6.45, 7) is 4.72. The van der Waals surface area contributed by atoms with Crippen molar-refractivity contribution in [1.29, 1.82) is 0 Å². The van der Waals surface area contributed by atoms with Crippen molar-refractivity contribution < 1.29 is 19.1 Å². The molecule has 8 heteroatoms. The van der Waals surface area contributed by atoms with E-state index >= 15 is 0 Å². The topological polar surface area (TPSA) is 104 Å². The second-order valence-electron chi connectivity index (χ2n) is 7.96. The molecule has 0 atom stereocenters. The minimum atomic E-state index is -0.553. The monoisotopic (exact) mass is 446 g/mol. The average molecular weight is 447 g/mol. The zero-order valence-electron chi connectivity index (χ0n) is 18.7. The highest BCUT2D eigenvalue weighted by Crippen LogP contribution is 2.30. The van der Waals surface area contributed by atoms with Crippen molar-refractivity contribution in [3.05, 3.63) is 65.5 Å². The Morgan fingerprint density at radius 3 is 2.79 bits per heavy atom. The van der Waals surface area contributed by atoms with E-state index in [4.69, 9.17) is 4.74 Å². The van der Waals surface area contributed by atoms with Crippen molar-refractivity contribution in [2.75, 3.05) is 18.4 Å². The van der Waals surface area contributed by atoms with Crippen molar-refractivity contribution in [2.45, 2.75) is 33.3 Å². The van der Waals surface area contributed by atoms with E-state index in [9.17, 15) is 14.4 Å². The molecule has 3 heterocycles. The first-order chi connectivity index (χ1) is 16.0. The number of aromatic amines is 1. The van der Waals surface area contributed by atoms with E-state index in [-0.39, 0.29) is 18.8 Å². The van der Waals surface area contributed by atoms with Crippen molar-refractivity contribution in [3.63, 3.8) is 0 Å². The molecule has 0 unspecified atom stereocenters. The molecular weight excluding hydrogens is 420 g/mol. The standard InChI is InChI=1S/C25H26N4O4/c1-3-22(30)24(31)29-10-8-17(9-11-29)21-14-27-23-20(21)12-19(13-26-23)28-25(32)33-15-18-7-5-4-6-16(18)2/h4-8,12-14H,3,9-11,15H2,1-2H3,(H,26,27)(H,28,32). The summed E-state index contributed by atoms with van der Waals surface area (Å²) < 4.78 is 5.35. The number of aromatic nitrogens is 2. The highest BCUT2D eigenvalue weighted by Gasteiger charge is 2.23. The maximum absolute atomic E-state index is 12.3. The lowest BCUT2D eigenvalue weighted by Crippen LogP contribution is -2.39. The summed E-state index contributed by atoms with van der Waals surface area (Å²) >= 11 is 0. The van der Waals surface area contributed by atoms with Crippen LogP contribution in [-0.4, -0.2) is 45.7 Å². The number of ketones is 1. The molecule has 0 radical (unpaired) electrons. The molecule has 0 saturated heterocycles. The van der Waals surface area contributed by atoms with Crippen molar-refractivity contribution in [2.24, 2.45) is 0 Å². The van der Waals surface area contributed by atoms with E-state index in [1.54, 1.807) is 18.0 Å². The Bertz CT molecular complexity index is 1240. The van der Waals surface area contributed by atoms with Gasteiger partial charge in [-0.25, -0.2) is 9.78 Å². The van der Waals surface area contributed by atoms with E-state index in [0.29, 0.717) is 30.8 Å². The minimum Gasteiger partial charge on any atom is -0.444 e. The highest BCUT2D eigenvalue weighted by molar-refractivity contribution is 6.36. The first-order valence-electron chi connectivity index (χ1n) is 10.9. The van der Waals surface area contributed by atoms with Gasteiger partial charge in [-0.05, 0) is 36.1 Å². The first-order valence-corrected chi connectivity index (χ1v) is 10.9. The van der Waals surface area contributed by atoms with Crippen LogP contribution in [0.1, 0.15) is 36.5 Å². The number of rotatable bonds is 6. The van der Waals surface area contributed by atoms with Crippen LogP contribution in [0.4, 0.5) is 10.5 Å². The van der Waals surface area contributed by atoms with Gasteiger partial charge in [-0.2, -0.15) is 0 Å². The molecule has 0 aliphatic carbocycles. The third-order valence-corrected chi connectivity index (χ3v) is 5.80. The van der Waals surface area contributed by atoms with Crippen LogP contribution in [-0.2, 0) is 20.9 Å². The van der Waals surface area contributed by atoms with Crippen LogP contribution in [0.25, 0.3) is 16.6 Å². The van der Waals surface area contributed by atoms with E-state index in [0.717, 1.165) is 27.6 Å². The Morgan fingerprint density at radius 2 is 2.06 bits per heavy atom. The Kier molecular flexibility index (Phi) is 6.53. The molecule has 2 N–H and O–H groups in total. The number of pyridine rings is 1. The van der Waals surface area contributed by atoms with Crippen LogP contribution >= 0.6 is 0 Å². The summed E-state index contributed by atoms with van der Waals surface area (Å²) in [6, 6.07) is 9.59. The lowest BCUT2D eigenvalue weighted by Gasteiger charge is -2.25. The van der Waals surface area contributed by atoms with E-state index in [2.05, 4.69) is 15.3 Å². The van der Waals surface area contributed by atoms with Gasteiger partial charge in [-0.3, -0.25) is 14.9 Å². The normalized spacial score (nSPS) is 13.5. The molecule has 1 aromatic carbocycles. The zero-order chi connectivity index (χ0) is 23.4. The molecule has 0 saturated carbocycles. The number of nitrogens with one attached hydrogen (secondary N) is 2. The van der Waals surface area contributed by atoms with E-state index in [1.807, 2.05) is 49.5 Å². The molecule has 1 aliphatic rings. The Balaban J connectivity index is 1.45. The fourth-order valence-electron chi connectivity index (χ4n) is 3.83. The molecule has 2 amide bonds. The minimum absolute atomic E-state index is 0.187. The molecule has 4 rings (SSSR count). The van der Waals surface area contributed by atoms with Crippen molar-refractivity contribution in [3.8, 4) is 0 Å². The molecule has 1 aliphatic heterocycles. The average Bonchev–Trinajstić information content (AvgIpc) is 3.26. The van der Waals surface area contributed by atoms with Crippen molar-refractivity contribution >= 4 is 40.1 Å². The van der Waals surface area contributed by atoms with Gasteiger partial charge in [0.25, 0.3) is 5.91 Å². The number of fused-ring (bicyclic) bond motifs is 1. The van der Waals surface area contributed by atoms with Crippen molar-refractivity contribution in [1.82, 2.24) is 14.9 Å². The molecule has 8 nitrogen and oxygen atoms in total. The largest absolute Gasteiger partial charge is 0.444 e. The number of hydrogen-bond acceptors (Lipinski definition) is 5. The number of amides is 2. The van der Waals surface area contributed by atoms with Gasteiger partial charge in [0, 0.05) is 36.7 Å². The van der Waals surface area contributed by atoms with Crippen LogP contribution in [0.2, 0.25) is 0 Å². The fraction of sp³-hybridized carbons (Fsp3) is 0.280. The summed E-state index contributed by atoms with van der Waals surface area (Å²) in [6.07, 6.45) is 5.70. The van der Waals surface area contributed by atoms with Gasteiger partial charge >= 0.3 is 6.09 Å². The highest BCUT2D eigenvalue weighted by atomic mass is 16.5. The molecule has 33 heavy (non-hydrogen) atoms. The van der Waals surface area contributed by atoms with Crippen LogP contribution < -0.4 is 5.32 Å². The first kappa shape index (κ1) is 22.3. The number of hydrogen-bond donors (Lipinski definition) is 2. The quantitative estimate of drug-likeness (QED) is 0.552. The van der Waals surface area contributed by atoms with Crippen LogP contribution in [0.3, 0.4) is 0 Å². The predicted octanol–water partition coefficient (Wildman–Crippen LogP) is 4.21. The SMILES string of the molecule is CCC(=O)C(=O)N1CC=C(c2c[nH]c3ncc(NC(=O)OCc4ccccc4C)cc23)CC1. The number of benzene rings is 1. The number of carbonyl (C=O) groups excluding carboxylic acids is 3. The molecule has 2 aromatic heterocycles. The molecule has 3 aromatic rings. The van der Waals surface area contributed by atoms with Gasteiger partial charge in [0.05, 0.1) is 11.9 Å². The lowest BCUT2D eigenvalue weighted by molar-refractivity contribution is -0.144. The number of carbonyl (C=O) groups is 3. The molecule has 0 fully saturated rings. The van der Waals surface area contributed by atoms with E-state index < -0.39 is 12.0 Å².